The zero-order chi connectivity index (χ0) is 28.3. The van der Waals surface area contributed by atoms with Crippen LogP contribution in [0.1, 0.15) is 40.4 Å². The quantitative estimate of drug-likeness (QED) is 0.443. The lowest BCUT2D eigenvalue weighted by Gasteiger charge is -2.43. The number of hydrogen-bond donors (Lipinski definition) is 1. The van der Waals surface area contributed by atoms with Crippen molar-refractivity contribution in [3.05, 3.63) is 99.5 Å². The van der Waals surface area contributed by atoms with Crippen molar-refractivity contribution in [2.45, 2.75) is 24.5 Å². The van der Waals surface area contributed by atoms with Crippen molar-refractivity contribution >= 4 is 35.0 Å². The highest BCUT2D eigenvalue weighted by Crippen LogP contribution is 2.34. The van der Waals surface area contributed by atoms with Gasteiger partial charge in [-0.2, -0.15) is 0 Å². The van der Waals surface area contributed by atoms with Crippen molar-refractivity contribution in [2.75, 3.05) is 46.4 Å². The second-order valence-electron chi connectivity index (χ2n) is 10.4. The van der Waals surface area contributed by atoms with Gasteiger partial charge in [-0.05, 0) is 48.2 Å². The Bertz CT molecular complexity index is 1360. The number of nitrogens with zero attached hydrogens (tertiary/aromatic N) is 3. The number of piperazine rings is 1. The molecule has 0 radical (unpaired) electrons. The zero-order valence-corrected chi connectivity index (χ0v) is 23.9. The van der Waals surface area contributed by atoms with Crippen molar-refractivity contribution in [2.24, 2.45) is 0 Å². The van der Waals surface area contributed by atoms with Crippen LogP contribution in [-0.4, -0.2) is 78.0 Å². The lowest BCUT2D eigenvalue weighted by Crippen LogP contribution is -2.55. The van der Waals surface area contributed by atoms with E-state index in [1.54, 1.807) is 36.3 Å². The van der Waals surface area contributed by atoms with E-state index < -0.39 is 5.60 Å². The van der Waals surface area contributed by atoms with Crippen LogP contribution >= 0.6 is 23.2 Å². The van der Waals surface area contributed by atoms with Gasteiger partial charge in [0, 0.05) is 32.7 Å². The monoisotopic (exact) mass is 581 g/mol. The van der Waals surface area contributed by atoms with E-state index >= 15 is 0 Å². The molecule has 0 aromatic heterocycles. The Kier molecular flexibility index (Phi) is 8.66. The van der Waals surface area contributed by atoms with Gasteiger partial charge in [0.05, 0.1) is 40.9 Å². The number of amides is 2. The van der Waals surface area contributed by atoms with Crippen molar-refractivity contribution in [1.82, 2.24) is 14.7 Å². The van der Waals surface area contributed by atoms with Crippen LogP contribution in [0.3, 0.4) is 0 Å². The molecule has 5 rings (SSSR count). The topological polar surface area (TPSA) is 73.3 Å². The van der Waals surface area contributed by atoms with E-state index in [9.17, 15) is 14.7 Å². The summed E-state index contributed by atoms with van der Waals surface area (Å²) in [6.45, 7) is 2.56. The molecule has 1 unspecified atom stereocenters. The van der Waals surface area contributed by atoms with Crippen LogP contribution in [0.2, 0.25) is 10.0 Å². The Hall–Kier alpha value is -3.10. The fraction of sp³-hybridized carbons (Fsp3) is 0.355. The number of para-hydroxylation sites is 1. The van der Waals surface area contributed by atoms with Gasteiger partial charge in [0.1, 0.15) is 5.75 Å². The molecule has 40 heavy (non-hydrogen) atoms. The second kappa shape index (κ2) is 12.2. The Labute approximate surface area is 244 Å². The minimum Gasteiger partial charge on any atom is -0.496 e. The molecule has 2 aliphatic heterocycles. The smallest absolute Gasteiger partial charge is 0.257 e. The minimum absolute atomic E-state index is 0.0226. The molecule has 2 heterocycles. The van der Waals surface area contributed by atoms with Crippen LogP contribution in [-0.2, 0) is 10.4 Å². The summed E-state index contributed by atoms with van der Waals surface area (Å²) in [5, 5.41) is 12.0. The molecule has 210 valence electrons. The number of hydrogen-bond acceptors (Lipinski definition) is 5. The zero-order valence-electron chi connectivity index (χ0n) is 22.4. The van der Waals surface area contributed by atoms with Gasteiger partial charge in [-0.25, -0.2) is 0 Å². The molecule has 1 atom stereocenters. The minimum atomic E-state index is -0.881. The standard InChI is InChI=1S/C31H33Cl2N3O4/c1-40-28-10-6-5-9-24(28)30(38)35-17-18-36(27(20-35)22-11-12-25(32)26(33)19-22)29(37)21-34-15-13-31(39,14-16-34)23-7-3-2-4-8-23/h2-12,19,27,39H,13-18,20-21H2,1H3. The Morgan fingerprint density at radius 3 is 2.33 bits per heavy atom. The normalized spacial score (nSPS) is 19.4. The molecule has 0 bridgehead atoms. The molecule has 1 N–H and O–H groups in total. The van der Waals surface area contributed by atoms with E-state index in [4.69, 9.17) is 27.9 Å². The maximum absolute atomic E-state index is 13.7. The van der Waals surface area contributed by atoms with Crippen LogP contribution in [0.25, 0.3) is 0 Å². The number of halogens is 2. The molecule has 3 aromatic rings. The van der Waals surface area contributed by atoms with Crippen LogP contribution in [0, 0.1) is 0 Å². The second-order valence-corrected chi connectivity index (χ2v) is 11.2. The van der Waals surface area contributed by atoms with E-state index in [0.29, 0.717) is 66.9 Å². The molecule has 0 aliphatic carbocycles. The lowest BCUT2D eigenvalue weighted by atomic mass is 9.84. The highest BCUT2D eigenvalue weighted by molar-refractivity contribution is 6.42. The number of carbonyl (C=O) groups excluding carboxylic acids is 2. The molecule has 2 aliphatic rings. The largest absolute Gasteiger partial charge is 0.496 e. The van der Waals surface area contributed by atoms with Crippen LogP contribution in [0.4, 0.5) is 0 Å². The first-order chi connectivity index (χ1) is 19.3. The number of benzene rings is 3. The van der Waals surface area contributed by atoms with E-state index in [0.717, 1.165) is 11.1 Å². The van der Waals surface area contributed by atoms with Crippen LogP contribution < -0.4 is 4.74 Å². The fourth-order valence-corrected chi connectivity index (χ4v) is 5.97. The van der Waals surface area contributed by atoms with Gasteiger partial charge in [-0.3, -0.25) is 14.5 Å². The van der Waals surface area contributed by atoms with Crippen molar-refractivity contribution in [3.8, 4) is 5.75 Å². The number of aliphatic hydroxyl groups is 1. The lowest BCUT2D eigenvalue weighted by molar-refractivity contribution is -0.138. The molecule has 2 saturated heterocycles. The summed E-state index contributed by atoms with van der Waals surface area (Å²) >= 11 is 12.6. The summed E-state index contributed by atoms with van der Waals surface area (Å²) in [5.74, 6) is 0.342. The molecule has 2 fully saturated rings. The van der Waals surface area contributed by atoms with Crippen molar-refractivity contribution < 1.29 is 19.4 Å². The number of ether oxygens (including phenoxy) is 1. The molecular weight excluding hydrogens is 549 g/mol. The number of likely N-dealkylation sites (tertiary alicyclic amines) is 1. The van der Waals surface area contributed by atoms with Gasteiger partial charge >= 0.3 is 0 Å². The third kappa shape index (κ3) is 5.98. The summed E-state index contributed by atoms with van der Waals surface area (Å²) < 4.78 is 5.42. The van der Waals surface area contributed by atoms with Crippen LogP contribution in [0.15, 0.2) is 72.8 Å². The van der Waals surface area contributed by atoms with E-state index in [-0.39, 0.29) is 24.4 Å². The molecule has 9 heteroatoms. The molecule has 3 aromatic carbocycles. The van der Waals surface area contributed by atoms with E-state index in [2.05, 4.69) is 4.90 Å². The Morgan fingerprint density at radius 2 is 1.62 bits per heavy atom. The summed E-state index contributed by atoms with van der Waals surface area (Å²) in [5.41, 5.74) is 1.33. The van der Waals surface area contributed by atoms with Gasteiger partial charge in [0.15, 0.2) is 0 Å². The summed E-state index contributed by atoms with van der Waals surface area (Å²) in [6, 6.07) is 21.8. The van der Waals surface area contributed by atoms with Gasteiger partial charge in [0.2, 0.25) is 5.91 Å². The predicted octanol–water partition coefficient (Wildman–Crippen LogP) is 5.01. The molecule has 0 spiro atoms. The Morgan fingerprint density at radius 1 is 0.925 bits per heavy atom. The summed E-state index contributed by atoms with van der Waals surface area (Å²) in [6.07, 6.45) is 1.11. The highest BCUT2D eigenvalue weighted by atomic mass is 35.5. The predicted molar refractivity (Wildman–Crippen MR) is 156 cm³/mol. The number of piperidine rings is 1. The molecule has 0 saturated carbocycles. The maximum atomic E-state index is 13.7. The first-order valence-electron chi connectivity index (χ1n) is 13.5. The third-order valence-electron chi connectivity index (χ3n) is 8.01. The van der Waals surface area contributed by atoms with Crippen molar-refractivity contribution in [3.63, 3.8) is 0 Å². The number of rotatable bonds is 6. The molecule has 2 amide bonds. The van der Waals surface area contributed by atoms with Crippen molar-refractivity contribution in [1.29, 1.82) is 0 Å². The van der Waals surface area contributed by atoms with Gasteiger partial charge in [-0.15, -0.1) is 0 Å². The van der Waals surface area contributed by atoms with Gasteiger partial charge in [-0.1, -0.05) is 71.7 Å². The van der Waals surface area contributed by atoms with Crippen LogP contribution in [0.5, 0.6) is 5.75 Å². The third-order valence-corrected chi connectivity index (χ3v) is 8.75. The Balaban J connectivity index is 1.32. The first-order valence-corrected chi connectivity index (χ1v) is 14.2. The summed E-state index contributed by atoms with van der Waals surface area (Å²) in [7, 11) is 1.54. The highest BCUT2D eigenvalue weighted by Gasteiger charge is 2.38. The van der Waals surface area contributed by atoms with E-state index in [1.165, 1.54) is 0 Å². The number of methoxy groups -OCH3 is 1. The fourth-order valence-electron chi connectivity index (χ4n) is 5.66. The average molecular weight is 583 g/mol. The summed E-state index contributed by atoms with van der Waals surface area (Å²) in [4.78, 5) is 32.9. The average Bonchev–Trinajstić information content (AvgIpc) is 2.99. The maximum Gasteiger partial charge on any atom is 0.257 e. The first kappa shape index (κ1) is 28.4. The number of carbonyl (C=O) groups is 2. The molecular formula is C31H33Cl2N3O4. The molecule has 7 nitrogen and oxygen atoms in total. The van der Waals surface area contributed by atoms with Gasteiger partial charge in [0.25, 0.3) is 5.91 Å². The van der Waals surface area contributed by atoms with Gasteiger partial charge < -0.3 is 19.6 Å². The SMILES string of the molecule is COc1ccccc1C(=O)N1CCN(C(=O)CN2CCC(O)(c3ccccc3)CC2)C(c2ccc(Cl)c(Cl)c2)C1. The van der Waals surface area contributed by atoms with E-state index in [1.807, 2.05) is 53.4 Å².